The van der Waals surface area contributed by atoms with Crippen LogP contribution in [0, 0.1) is 20.8 Å². The first-order valence-corrected chi connectivity index (χ1v) is 7.51. The Hall–Kier alpha value is -1.84. The van der Waals surface area contributed by atoms with Crippen LogP contribution in [0.2, 0.25) is 0 Å². The van der Waals surface area contributed by atoms with Crippen molar-refractivity contribution in [3.63, 3.8) is 0 Å². The summed E-state index contributed by atoms with van der Waals surface area (Å²) in [6.07, 6.45) is 2.95. The van der Waals surface area contributed by atoms with Crippen LogP contribution in [0.5, 0.6) is 5.75 Å². The number of methoxy groups -OCH3 is 1. The van der Waals surface area contributed by atoms with Gasteiger partial charge in [0, 0.05) is 12.7 Å². The molecular formula is C17H25N3O. The molecular weight excluding hydrogens is 262 g/mol. The number of hydrogen-bond acceptors (Lipinski definition) is 3. The van der Waals surface area contributed by atoms with E-state index in [0.717, 1.165) is 24.4 Å². The molecule has 0 aliphatic carbocycles. The number of nitrogens with zero attached hydrogens (tertiary/aromatic N) is 3. The first-order chi connectivity index (χ1) is 9.97. The summed E-state index contributed by atoms with van der Waals surface area (Å²) in [5, 5.41) is 8.37. The number of rotatable bonds is 5. The van der Waals surface area contributed by atoms with Gasteiger partial charge in [0.2, 0.25) is 0 Å². The highest BCUT2D eigenvalue weighted by molar-refractivity contribution is 5.49. The second-order valence-electron chi connectivity index (χ2n) is 5.73. The van der Waals surface area contributed by atoms with Crippen molar-refractivity contribution in [1.29, 1.82) is 0 Å². The first-order valence-electron chi connectivity index (χ1n) is 7.51. The largest absolute Gasteiger partial charge is 0.496 e. The maximum absolute atomic E-state index is 5.45. The molecule has 0 spiro atoms. The molecule has 1 atom stereocenters. The SMILES string of the molecule is CCn1cc(CC(C)c2c(C)cc(OC)c(C)c2C)nn1. The van der Waals surface area contributed by atoms with Crippen LogP contribution < -0.4 is 4.74 Å². The highest BCUT2D eigenvalue weighted by atomic mass is 16.5. The zero-order valence-electron chi connectivity index (χ0n) is 13.9. The third-order valence-corrected chi connectivity index (χ3v) is 4.25. The molecule has 1 aromatic heterocycles. The summed E-state index contributed by atoms with van der Waals surface area (Å²) < 4.78 is 7.33. The number of benzene rings is 1. The Labute approximate surface area is 127 Å². The third-order valence-electron chi connectivity index (χ3n) is 4.25. The fourth-order valence-corrected chi connectivity index (χ4v) is 3.04. The van der Waals surface area contributed by atoms with E-state index in [-0.39, 0.29) is 0 Å². The van der Waals surface area contributed by atoms with Crippen LogP contribution in [-0.2, 0) is 13.0 Å². The molecule has 0 amide bonds. The fraction of sp³-hybridized carbons (Fsp3) is 0.529. The van der Waals surface area contributed by atoms with Crippen LogP contribution in [0.15, 0.2) is 12.3 Å². The van der Waals surface area contributed by atoms with Gasteiger partial charge in [-0.15, -0.1) is 5.10 Å². The third kappa shape index (κ3) is 3.09. The van der Waals surface area contributed by atoms with Gasteiger partial charge in [0.15, 0.2) is 0 Å². The van der Waals surface area contributed by atoms with E-state index in [1.807, 2.05) is 10.9 Å². The van der Waals surface area contributed by atoms with Gasteiger partial charge in [-0.2, -0.15) is 0 Å². The van der Waals surface area contributed by atoms with Crippen molar-refractivity contribution in [2.45, 2.75) is 53.5 Å². The minimum absolute atomic E-state index is 0.414. The first kappa shape index (κ1) is 15.5. The van der Waals surface area contributed by atoms with E-state index in [0.29, 0.717) is 5.92 Å². The van der Waals surface area contributed by atoms with Gasteiger partial charge in [0.05, 0.1) is 12.8 Å². The average molecular weight is 287 g/mol. The lowest BCUT2D eigenvalue weighted by Gasteiger charge is -2.20. The van der Waals surface area contributed by atoms with Gasteiger partial charge in [0.1, 0.15) is 5.75 Å². The van der Waals surface area contributed by atoms with Crippen LogP contribution in [0.25, 0.3) is 0 Å². The molecule has 21 heavy (non-hydrogen) atoms. The topological polar surface area (TPSA) is 39.9 Å². The molecule has 1 aromatic carbocycles. The number of hydrogen-bond donors (Lipinski definition) is 0. The summed E-state index contributed by atoms with van der Waals surface area (Å²) in [6.45, 7) is 11.6. The molecule has 1 heterocycles. The van der Waals surface area contributed by atoms with E-state index < -0.39 is 0 Å². The second-order valence-corrected chi connectivity index (χ2v) is 5.73. The number of aromatic nitrogens is 3. The van der Waals surface area contributed by atoms with Crippen molar-refractivity contribution in [3.05, 3.63) is 40.2 Å². The van der Waals surface area contributed by atoms with E-state index in [9.17, 15) is 0 Å². The summed E-state index contributed by atoms with van der Waals surface area (Å²) in [5.74, 6) is 1.38. The Morgan fingerprint density at radius 1 is 1.24 bits per heavy atom. The Morgan fingerprint density at radius 2 is 1.95 bits per heavy atom. The Kier molecular flexibility index (Phi) is 4.66. The van der Waals surface area contributed by atoms with Gasteiger partial charge in [-0.05, 0) is 68.4 Å². The molecule has 4 nitrogen and oxygen atoms in total. The summed E-state index contributed by atoms with van der Waals surface area (Å²) in [6, 6.07) is 2.14. The maximum atomic E-state index is 5.45. The lowest BCUT2D eigenvalue weighted by atomic mass is 9.86. The molecule has 4 heteroatoms. The molecule has 0 radical (unpaired) electrons. The van der Waals surface area contributed by atoms with E-state index in [1.54, 1.807) is 7.11 Å². The van der Waals surface area contributed by atoms with E-state index in [2.05, 4.69) is 51.0 Å². The quantitative estimate of drug-likeness (QED) is 0.844. The predicted octanol–water partition coefficient (Wildman–Crippen LogP) is 3.58. The van der Waals surface area contributed by atoms with E-state index >= 15 is 0 Å². The smallest absolute Gasteiger partial charge is 0.122 e. The lowest BCUT2D eigenvalue weighted by molar-refractivity contribution is 0.410. The van der Waals surface area contributed by atoms with Crippen molar-refractivity contribution in [1.82, 2.24) is 15.0 Å². The molecule has 1 unspecified atom stereocenters. The molecule has 2 rings (SSSR count). The number of aryl methyl sites for hydroxylation is 2. The summed E-state index contributed by atoms with van der Waals surface area (Å²) >= 11 is 0. The van der Waals surface area contributed by atoms with E-state index in [4.69, 9.17) is 4.74 Å². The summed E-state index contributed by atoms with van der Waals surface area (Å²) in [7, 11) is 1.73. The fourth-order valence-electron chi connectivity index (χ4n) is 3.04. The molecule has 0 aliphatic rings. The monoisotopic (exact) mass is 287 g/mol. The molecule has 0 fully saturated rings. The predicted molar refractivity (Wildman–Crippen MR) is 85.0 cm³/mol. The van der Waals surface area contributed by atoms with Gasteiger partial charge in [0.25, 0.3) is 0 Å². The van der Waals surface area contributed by atoms with Gasteiger partial charge in [-0.25, -0.2) is 0 Å². The Balaban J connectivity index is 2.30. The van der Waals surface area contributed by atoms with Crippen LogP contribution in [0.1, 0.15) is 47.7 Å². The Morgan fingerprint density at radius 3 is 2.52 bits per heavy atom. The van der Waals surface area contributed by atoms with Gasteiger partial charge in [-0.3, -0.25) is 4.68 Å². The normalized spacial score (nSPS) is 12.5. The van der Waals surface area contributed by atoms with Crippen molar-refractivity contribution >= 4 is 0 Å². The minimum Gasteiger partial charge on any atom is -0.496 e. The summed E-state index contributed by atoms with van der Waals surface area (Å²) in [5.41, 5.74) is 6.28. The highest BCUT2D eigenvalue weighted by Crippen LogP contribution is 2.33. The maximum Gasteiger partial charge on any atom is 0.122 e. The Bertz CT molecular complexity index is 631. The standard InChI is InChI=1S/C17H25N3O/c1-7-20-10-15(18-19-20)8-11(2)17-12(3)9-16(21-6)13(4)14(17)5/h9-11H,7-8H2,1-6H3. The second kappa shape index (κ2) is 6.29. The van der Waals surface area contributed by atoms with Gasteiger partial charge < -0.3 is 4.74 Å². The molecule has 2 aromatic rings. The van der Waals surface area contributed by atoms with Crippen LogP contribution in [0.4, 0.5) is 0 Å². The van der Waals surface area contributed by atoms with Crippen molar-refractivity contribution in [2.75, 3.05) is 7.11 Å². The average Bonchev–Trinajstić information content (AvgIpc) is 2.90. The molecule has 0 saturated heterocycles. The van der Waals surface area contributed by atoms with Crippen LogP contribution in [-0.4, -0.2) is 22.1 Å². The molecule has 0 bridgehead atoms. The van der Waals surface area contributed by atoms with Crippen molar-refractivity contribution in [2.24, 2.45) is 0 Å². The van der Waals surface area contributed by atoms with Gasteiger partial charge in [-0.1, -0.05) is 12.1 Å². The zero-order chi connectivity index (χ0) is 15.6. The molecule has 114 valence electrons. The van der Waals surface area contributed by atoms with Crippen LogP contribution >= 0.6 is 0 Å². The molecule has 0 N–H and O–H groups in total. The van der Waals surface area contributed by atoms with E-state index in [1.165, 1.54) is 22.3 Å². The lowest BCUT2D eigenvalue weighted by Crippen LogP contribution is -2.06. The summed E-state index contributed by atoms with van der Waals surface area (Å²) in [4.78, 5) is 0. The van der Waals surface area contributed by atoms with Gasteiger partial charge >= 0.3 is 0 Å². The zero-order valence-corrected chi connectivity index (χ0v) is 13.9. The highest BCUT2D eigenvalue weighted by Gasteiger charge is 2.17. The van der Waals surface area contributed by atoms with Crippen molar-refractivity contribution in [3.8, 4) is 5.75 Å². The van der Waals surface area contributed by atoms with Crippen LogP contribution in [0.3, 0.4) is 0 Å². The molecule has 0 saturated carbocycles. The number of ether oxygens (including phenoxy) is 1. The van der Waals surface area contributed by atoms with Crippen molar-refractivity contribution < 1.29 is 4.74 Å². The molecule has 0 aliphatic heterocycles. The minimum atomic E-state index is 0.414.